The molecule has 1 atom stereocenters. The molecule has 3 aromatic rings. The van der Waals surface area contributed by atoms with Crippen LogP contribution in [0.5, 0.6) is 17.2 Å². The summed E-state index contributed by atoms with van der Waals surface area (Å²) in [5.41, 5.74) is 4.30. The molecular weight excluding hydrogens is 404 g/mol. The minimum Gasteiger partial charge on any atom is -0.504 e. The summed E-state index contributed by atoms with van der Waals surface area (Å²) >= 11 is 0. The fourth-order valence-electron chi connectivity index (χ4n) is 3.60. The van der Waals surface area contributed by atoms with Gasteiger partial charge in [-0.25, -0.2) is 0 Å². The number of fused-ring (bicyclic) bond motifs is 1. The maximum Gasteiger partial charge on any atom is 0.257 e. The lowest BCUT2D eigenvalue weighted by Gasteiger charge is -2.33. The molecule has 0 aliphatic carbocycles. The number of benzene rings is 2. The summed E-state index contributed by atoms with van der Waals surface area (Å²) in [7, 11) is 0. The van der Waals surface area contributed by atoms with Crippen LogP contribution < -0.4 is 14.8 Å². The summed E-state index contributed by atoms with van der Waals surface area (Å²) in [6.45, 7) is 8.09. The molecule has 1 unspecified atom stereocenters. The molecule has 0 fully saturated rings. The maximum atomic E-state index is 12.2. The van der Waals surface area contributed by atoms with E-state index in [0.717, 1.165) is 22.3 Å². The van der Waals surface area contributed by atoms with Crippen molar-refractivity contribution in [2.45, 2.75) is 33.3 Å². The summed E-state index contributed by atoms with van der Waals surface area (Å²) in [6.07, 6.45) is 7.09. The number of nitrogens with one attached hydrogen (secondary N) is 1. The van der Waals surface area contributed by atoms with Crippen LogP contribution >= 0.6 is 0 Å². The van der Waals surface area contributed by atoms with Crippen molar-refractivity contribution in [2.75, 3.05) is 11.9 Å². The van der Waals surface area contributed by atoms with Gasteiger partial charge < -0.3 is 19.9 Å². The number of phenols is 1. The van der Waals surface area contributed by atoms with Gasteiger partial charge in [-0.15, -0.1) is 0 Å². The second kappa shape index (κ2) is 8.38. The average Bonchev–Trinajstić information content (AvgIpc) is 2.81. The number of aromatic nitrogens is 1. The van der Waals surface area contributed by atoms with Gasteiger partial charge in [-0.3, -0.25) is 9.78 Å². The van der Waals surface area contributed by atoms with Gasteiger partial charge in [0.05, 0.1) is 5.56 Å². The Morgan fingerprint density at radius 3 is 2.56 bits per heavy atom. The lowest BCUT2D eigenvalue weighted by Crippen LogP contribution is -2.38. The highest BCUT2D eigenvalue weighted by Gasteiger charge is 2.32. The van der Waals surface area contributed by atoms with Crippen LogP contribution in [0.3, 0.4) is 0 Å². The molecule has 0 bridgehead atoms. The normalized spacial score (nSPS) is 16.8. The van der Waals surface area contributed by atoms with E-state index in [1.165, 1.54) is 6.20 Å². The van der Waals surface area contributed by atoms with E-state index in [0.29, 0.717) is 22.7 Å². The number of aromatic hydroxyl groups is 1. The SMILES string of the molecule is Cc1c(C)c(O)c2c(c1C)C=CC(C)(COc1ccc(NC(=O)c3cccnc3)cc1)O2. The Kier molecular flexibility index (Phi) is 5.61. The van der Waals surface area contributed by atoms with Crippen LogP contribution in [0.2, 0.25) is 0 Å². The maximum absolute atomic E-state index is 12.2. The van der Waals surface area contributed by atoms with Crippen LogP contribution in [-0.4, -0.2) is 28.2 Å². The van der Waals surface area contributed by atoms with E-state index in [1.54, 1.807) is 42.6 Å². The molecule has 0 saturated carbocycles. The zero-order valence-corrected chi connectivity index (χ0v) is 18.6. The Hall–Kier alpha value is -3.80. The molecule has 1 amide bonds. The number of rotatable bonds is 5. The molecular formula is C26H26N2O4. The Bertz CT molecular complexity index is 1190. The first kappa shape index (κ1) is 21.4. The number of carbonyl (C=O) groups is 1. The predicted molar refractivity (Wildman–Crippen MR) is 125 cm³/mol. The fraction of sp³-hybridized carbons (Fsp3) is 0.231. The van der Waals surface area contributed by atoms with Crippen molar-refractivity contribution >= 4 is 17.7 Å². The zero-order valence-electron chi connectivity index (χ0n) is 18.6. The van der Waals surface area contributed by atoms with Crippen molar-refractivity contribution in [2.24, 2.45) is 0 Å². The third-order valence-corrected chi connectivity index (χ3v) is 5.84. The van der Waals surface area contributed by atoms with Gasteiger partial charge in [-0.1, -0.05) is 6.08 Å². The number of ether oxygens (including phenoxy) is 2. The van der Waals surface area contributed by atoms with Crippen molar-refractivity contribution in [3.8, 4) is 17.2 Å². The number of phenolic OH excluding ortho intramolecular Hbond substituents is 1. The van der Waals surface area contributed by atoms with Gasteiger partial charge in [-0.2, -0.15) is 0 Å². The number of carbonyl (C=O) groups excluding carboxylic acids is 1. The highest BCUT2D eigenvalue weighted by atomic mass is 16.5. The van der Waals surface area contributed by atoms with E-state index >= 15 is 0 Å². The van der Waals surface area contributed by atoms with E-state index in [1.807, 2.05) is 39.8 Å². The molecule has 2 N–H and O–H groups in total. The molecule has 0 saturated heterocycles. The minimum absolute atomic E-state index is 0.174. The van der Waals surface area contributed by atoms with Crippen molar-refractivity contribution in [1.29, 1.82) is 0 Å². The summed E-state index contributed by atoms with van der Waals surface area (Å²) in [5.74, 6) is 1.09. The standard InChI is InChI=1S/C26H26N2O4/c1-16-17(2)22-11-12-26(4,32-24(22)23(29)18(16)3)15-31-21-9-7-20(8-10-21)28-25(30)19-6-5-13-27-14-19/h5-14,29H,15H2,1-4H3,(H,28,30). The van der Waals surface area contributed by atoms with Crippen LogP contribution in [0.4, 0.5) is 5.69 Å². The molecule has 4 rings (SSSR count). The number of pyridine rings is 1. The molecule has 0 spiro atoms. The van der Waals surface area contributed by atoms with Gasteiger partial charge in [0, 0.05) is 23.6 Å². The quantitative estimate of drug-likeness (QED) is 0.581. The highest BCUT2D eigenvalue weighted by Crippen LogP contribution is 2.44. The second-order valence-electron chi connectivity index (χ2n) is 8.22. The Morgan fingerprint density at radius 1 is 1.12 bits per heavy atom. The van der Waals surface area contributed by atoms with Crippen LogP contribution in [0, 0.1) is 20.8 Å². The summed E-state index contributed by atoms with van der Waals surface area (Å²) in [4.78, 5) is 16.2. The third-order valence-electron chi connectivity index (χ3n) is 5.84. The first-order valence-corrected chi connectivity index (χ1v) is 10.4. The van der Waals surface area contributed by atoms with Crippen molar-refractivity contribution in [1.82, 2.24) is 4.98 Å². The number of nitrogens with zero attached hydrogens (tertiary/aromatic N) is 1. The molecule has 1 aromatic heterocycles. The van der Waals surface area contributed by atoms with Gasteiger partial charge in [0.2, 0.25) is 0 Å². The first-order chi connectivity index (χ1) is 15.3. The topological polar surface area (TPSA) is 80.7 Å². The monoisotopic (exact) mass is 430 g/mol. The van der Waals surface area contributed by atoms with Gasteiger partial charge in [0.1, 0.15) is 12.4 Å². The summed E-state index contributed by atoms with van der Waals surface area (Å²) < 4.78 is 12.1. The van der Waals surface area contributed by atoms with Gasteiger partial charge in [-0.05, 0) is 86.9 Å². The fourth-order valence-corrected chi connectivity index (χ4v) is 3.60. The van der Waals surface area contributed by atoms with E-state index in [2.05, 4.69) is 10.3 Å². The van der Waals surface area contributed by atoms with E-state index < -0.39 is 5.60 Å². The largest absolute Gasteiger partial charge is 0.504 e. The van der Waals surface area contributed by atoms with Crippen LogP contribution in [0.15, 0.2) is 54.9 Å². The lowest BCUT2D eigenvalue weighted by atomic mass is 9.92. The zero-order chi connectivity index (χ0) is 22.9. The van der Waals surface area contributed by atoms with Crippen LogP contribution in [0.25, 0.3) is 6.08 Å². The van der Waals surface area contributed by atoms with Crippen LogP contribution in [-0.2, 0) is 0 Å². The molecule has 164 valence electrons. The number of amides is 1. The molecule has 2 aromatic carbocycles. The Balaban J connectivity index is 1.42. The van der Waals surface area contributed by atoms with Crippen molar-refractivity contribution < 1.29 is 19.4 Å². The second-order valence-corrected chi connectivity index (χ2v) is 8.22. The molecule has 0 radical (unpaired) electrons. The average molecular weight is 431 g/mol. The van der Waals surface area contributed by atoms with Gasteiger partial charge in [0.15, 0.2) is 17.1 Å². The van der Waals surface area contributed by atoms with Gasteiger partial charge >= 0.3 is 0 Å². The van der Waals surface area contributed by atoms with Crippen LogP contribution in [0.1, 0.15) is 39.5 Å². The minimum atomic E-state index is -0.730. The van der Waals surface area contributed by atoms with E-state index in [4.69, 9.17) is 9.47 Å². The smallest absolute Gasteiger partial charge is 0.257 e. The summed E-state index contributed by atoms with van der Waals surface area (Å²) in [6, 6.07) is 10.6. The van der Waals surface area contributed by atoms with Crippen molar-refractivity contribution in [3.05, 3.63) is 82.7 Å². The number of hydrogen-bond acceptors (Lipinski definition) is 5. The molecule has 1 aliphatic rings. The predicted octanol–water partition coefficient (Wildman–Crippen LogP) is 5.21. The molecule has 6 heteroatoms. The number of anilines is 1. The number of hydrogen-bond donors (Lipinski definition) is 2. The molecule has 32 heavy (non-hydrogen) atoms. The van der Waals surface area contributed by atoms with E-state index in [9.17, 15) is 9.90 Å². The van der Waals surface area contributed by atoms with E-state index in [-0.39, 0.29) is 18.3 Å². The molecule has 6 nitrogen and oxygen atoms in total. The van der Waals surface area contributed by atoms with Crippen molar-refractivity contribution in [3.63, 3.8) is 0 Å². The highest BCUT2D eigenvalue weighted by molar-refractivity contribution is 6.04. The lowest BCUT2D eigenvalue weighted by molar-refractivity contribution is 0.0725. The summed E-state index contributed by atoms with van der Waals surface area (Å²) in [5, 5.41) is 13.4. The molecule has 1 aliphatic heterocycles. The molecule has 2 heterocycles. The Morgan fingerprint density at radius 2 is 1.88 bits per heavy atom. The van der Waals surface area contributed by atoms with Gasteiger partial charge in [0.25, 0.3) is 5.91 Å². The third kappa shape index (κ3) is 4.17. The Labute approximate surface area is 187 Å². The first-order valence-electron chi connectivity index (χ1n) is 10.4.